The number of thioether (sulfide) groups is 1. The van der Waals surface area contributed by atoms with Gasteiger partial charge in [0.05, 0.1) is 5.75 Å². The highest BCUT2D eigenvalue weighted by Crippen LogP contribution is 2.24. The molecule has 3 N–H and O–H groups in total. The average molecular weight is 269 g/mol. The van der Waals surface area contributed by atoms with E-state index in [0.29, 0.717) is 16.5 Å². The Morgan fingerprint density at radius 1 is 1.44 bits per heavy atom. The van der Waals surface area contributed by atoms with Crippen LogP contribution < -0.4 is 5.73 Å². The minimum absolute atomic E-state index is 0.0160. The molecule has 1 aromatic heterocycles. The van der Waals surface area contributed by atoms with Gasteiger partial charge in [0.1, 0.15) is 11.9 Å². The van der Waals surface area contributed by atoms with Gasteiger partial charge >= 0.3 is 0 Å². The first-order valence-corrected chi connectivity index (χ1v) is 6.27. The average Bonchev–Trinajstić information content (AvgIpc) is 2.86. The Morgan fingerprint density at radius 3 is 2.94 bits per heavy atom. The molecule has 2 rings (SSSR count). The summed E-state index contributed by atoms with van der Waals surface area (Å²) in [4.78, 5) is 4.49. The number of aromatic nitrogens is 2. The number of benzene rings is 1. The van der Waals surface area contributed by atoms with Crippen molar-refractivity contribution < 1.29 is 14.0 Å². The first-order chi connectivity index (χ1) is 8.70. The van der Waals surface area contributed by atoms with E-state index in [9.17, 15) is 9.50 Å². The van der Waals surface area contributed by atoms with Gasteiger partial charge in [-0.1, -0.05) is 17.3 Å². The van der Waals surface area contributed by atoms with E-state index in [4.69, 9.17) is 10.3 Å². The Hall–Kier alpha value is -1.44. The molecular formula is C11H12FN3O2S. The molecule has 0 amide bonds. The van der Waals surface area contributed by atoms with E-state index in [1.165, 1.54) is 17.8 Å². The molecule has 1 atom stereocenters. The normalized spacial score (nSPS) is 12.6. The van der Waals surface area contributed by atoms with E-state index < -0.39 is 6.10 Å². The lowest BCUT2D eigenvalue weighted by Gasteiger charge is -1.99. The van der Waals surface area contributed by atoms with Gasteiger partial charge in [0, 0.05) is 11.4 Å². The number of halogens is 1. The van der Waals surface area contributed by atoms with Crippen molar-refractivity contribution in [3.05, 3.63) is 41.8 Å². The minimum Gasteiger partial charge on any atom is -0.382 e. The molecule has 0 bridgehead atoms. The lowest BCUT2D eigenvalue weighted by atomic mass is 10.3. The predicted molar refractivity (Wildman–Crippen MR) is 64.3 cm³/mol. The zero-order valence-electron chi connectivity index (χ0n) is 9.41. The summed E-state index contributed by atoms with van der Waals surface area (Å²) < 4.78 is 18.2. The van der Waals surface area contributed by atoms with E-state index in [-0.39, 0.29) is 18.3 Å². The SMILES string of the molecule is NCC(O)c1nc(CSc2ccccc2F)no1. The summed E-state index contributed by atoms with van der Waals surface area (Å²) in [6.45, 7) is 0.0160. The molecule has 0 aliphatic rings. The second-order valence-electron chi connectivity index (χ2n) is 3.52. The van der Waals surface area contributed by atoms with Crippen LogP contribution in [0.3, 0.4) is 0 Å². The summed E-state index contributed by atoms with van der Waals surface area (Å²) >= 11 is 1.26. The maximum absolute atomic E-state index is 13.3. The molecule has 96 valence electrons. The third-order valence-electron chi connectivity index (χ3n) is 2.19. The largest absolute Gasteiger partial charge is 0.382 e. The maximum Gasteiger partial charge on any atom is 0.256 e. The van der Waals surface area contributed by atoms with Gasteiger partial charge in [-0.05, 0) is 12.1 Å². The van der Waals surface area contributed by atoms with E-state index in [1.807, 2.05) is 0 Å². The number of nitrogens with zero attached hydrogens (tertiary/aromatic N) is 2. The van der Waals surface area contributed by atoms with Crippen molar-refractivity contribution in [3.63, 3.8) is 0 Å². The van der Waals surface area contributed by atoms with Gasteiger partial charge in [0.2, 0.25) is 0 Å². The van der Waals surface area contributed by atoms with Crippen molar-refractivity contribution in [2.75, 3.05) is 6.54 Å². The highest BCUT2D eigenvalue weighted by Gasteiger charge is 2.14. The fourth-order valence-electron chi connectivity index (χ4n) is 1.27. The maximum atomic E-state index is 13.3. The number of aliphatic hydroxyl groups excluding tert-OH is 1. The summed E-state index contributed by atoms with van der Waals surface area (Å²) in [5.41, 5.74) is 5.27. The second-order valence-corrected chi connectivity index (χ2v) is 4.54. The van der Waals surface area contributed by atoms with Gasteiger partial charge in [-0.25, -0.2) is 4.39 Å². The first-order valence-electron chi connectivity index (χ1n) is 5.28. The number of nitrogens with two attached hydrogens (primary N) is 1. The fraction of sp³-hybridized carbons (Fsp3) is 0.273. The van der Waals surface area contributed by atoms with Crippen LogP contribution in [0.1, 0.15) is 17.8 Å². The van der Waals surface area contributed by atoms with Crippen molar-refractivity contribution in [2.24, 2.45) is 5.73 Å². The molecule has 0 saturated heterocycles. The molecule has 1 aromatic carbocycles. The monoisotopic (exact) mass is 269 g/mol. The Labute approximate surface area is 107 Å². The summed E-state index contributed by atoms with van der Waals surface area (Å²) in [5.74, 6) is 0.558. The van der Waals surface area contributed by atoms with E-state index >= 15 is 0 Å². The predicted octanol–water partition coefficient (Wildman–Crippen LogP) is 1.49. The van der Waals surface area contributed by atoms with Crippen LogP contribution in [-0.2, 0) is 5.75 Å². The molecule has 5 nitrogen and oxygen atoms in total. The summed E-state index contributed by atoms with van der Waals surface area (Å²) in [7, 11) is 0. The standard InChI is InChI=1S/C11H12FN3O2S/c12-7-3-1-2-4-9(7)18-6-10-14-11(17-15-10)8(16)5-13/h1-4,8,16H,5-6,13H2. The number of aliphatic hydroxyl groups is 1. The van der Waals surface area contributed by atoms with Crippen molar-refractivity contribution in [1.29, 1.82) is 0 Å². The van der Waals surface area contributed by atoms with Gasteiger partial charge in [0.15, 0.2) is 5.82 Å². The van der Waals surface area contributed by atoms with E-state index in [2.05, 4.69) is 10.1 Å². The zero-order valence-corrected chi connectivity index (χ0v) is 10.2. The quantitative estimate of drug-likeness (QED) is 0.800. The molecule has 0 saturated carbocycles. The summed E-state index contributed by atoms with van der Waals surface area (Å²) in [6, 6.07) is 6.45. The Kier molecular flexibility index (Phi) is 4.29. The second kappa shape index (κ2) is 5.94. The molecule has 1 heterocycles. The molecular weight excluding hydrogens is 257 g/mol. The van der Waals surface area contributed by atoms with Gasteiger partial charge < -0.3 is 15.4 Å². The van der Waals surface area contributed by atoms with Gasteiger partial charge in [-0.15, -0.1) is 11.8 Å². The van der Waals surface area contributed by atoms with Crippen LogP contribution in [0.4, 0.5) is 4.39 Å². The van der Waals surface area contributed by atoms with Crippen LogP contribution in [0.15, 0.2) is 33.7 Å². The highest BCUT2D eigenvalue weighted by molar-refractivity contribution is 7.98. The third-order valence-corrected chi connectivity index (χ3v) is 3.23. The van der Waals surface area contributed by atoms with Gasteiger partial charge in [0.25, 0.3) is 5.89 Å². The van der Waals surface area contributed by atoms with Crippen molar-refractivity contribution in [2.45, 2.75) is 16.8 Å². The van der Waals surface area contributed by atoms with Crippen molar-refractivity contribution >= 4 is 11.8 Å². The molecule has 1 unspecified atom stereocenters. The summed E-state index contributed by atoms with van der Waals surface area (Å²) in [5, 5.41) is 13.1. The Bertz CT molecular complexity index is 520. The fourth-order valence-corrected chi connectivity index (χ4v) is 2.05. The van der Waals surface area contributed by atoms with Crippen molar-refractivity contribution in [3.8, 4) is 0 Å². The van der Waals surface area contributed by atoms with Crippen LogP contribution >= 0.6 is 11.8 Å². The zero-order chi connectivity index (χ0) is 13.0. The van der Waals surface area contributed by atoms with Gasteiger partial charge in [-0.3, -0.25) is 0 Å². The van der Waals surface area contributed by atoms with Crippen LogP contribution in [0, 0.1) is 5.82 Å². The smallest absolute Gasteiger partial charge is 0.256 e. The minimum atomic E-state index is -0.954. The van der Waals surface area contributed by atoms with Crippen LogP contribution in [0.2, 0.25) is 0 Å². The Morgan fingerprint density at radius 2 is 2.22 bits per heavy atom. The molecule has 18 heavy (non-hydrogen) atoms. The topological polar surface area (TPSA) is 85.2 Å². The number of rotatable bonds is 5. The van der Waals surface area contributed by atoms with Crippen LogP contribution in [0.25, 0.3) is 0 Å². The highest BCUT2D eigenvalue weighted by atomic mass is 32.2. The Balaban J connectivity index is 1.98. The number of hydrogen-bond donors (Lipinski definition) is 2. The summed E-state index contributed by atoms with van der Waals surface area (Å²) in [6.07, 6.45) is -0.954. The van der Waals surface area contributed by atoms with Crippen LogP contribution in [-0.4, -0.2) is 21.8 Å². The number of hydrogen-bond acceptors (Lipinski definition) is 6. The molecule has 0 fully saturated rings. The van der Waals surface area contributed by atoms with Crippen molar-refractivity contribution in [1.82, 2.24) is 10.1 Å². The molecule has 0 aliphatic carbocycles. The third kappa shape index (κ3) is 3.06. The van der Waals surface area contributed by atoms with E-state index in [0.717, 1.165) is 0 Å². The van der Waals surface area contributed by atoms with E-state index in [1.54, 1.807) is 18.2 Å². The first kappa shape index (κ1) is 13.0. The van der Waals surface area contributed by atoms with Crippen LogP contribution in [0.5, 0.6) is 0 Å². The molecule has 0 aliphatic heterocycles. The molecule has 2 aromatic rings. The lowest BCUT2D eigenvalue weighted by molar-refractivity contribution is 0.141. The molecule has 0 spiro atoms. The molecule has 0 radical (unpaired) electrons. The molecule has 7 heteroatoms. The van der Waals surface area contributed by atoms with Gasteiger partial charge in [-0.2, -0.15) is 4.98 Å². The lowest BCUT2D eigenvalue weighted by Crippen LogP contribution is -2.11.